The van der Waals surface area contributed by atoms with Gasteiger partial charge in [0.15, 0.2) is 0 Å². The topological polar surface area (TPSA) is 44.8 Å². The fraction of sp³-hybridized carbons (Fsp3) is 0.587. The summed E-state index contributed by atoms with van der Waals surface area (Å²) < 4.78 is 17.7. The molecule has 0 aromatic heterocycles. The van der Waals surface area contributed by atoms with Crippen LogP contribution in [0, 0.1) is 0 Å². The minimum Gasteiger partial charge on any atom is -0.494 e. The number of hydrogen-bond acceptors (Lipinski definition) is 4. The normalized spacial score (nSPS) is 11.8. The maximum absolute atomic E-state index is 12.8. The van der Waals surface area contributed by atoms with Gasteiger partial charge in [0.1, 0.15) is 11.5 Å². The minimum absolute atomic E-state index is 0.0153. The van der Waals surface area contributed by atoms with Gasteiger partial charge in [-0.2, -0.15) is 0 Å². The summed E-state index contributed by atoms with van der Waals surface area (Å²) in [5, 5.41) is 0. The van der Waals surface area contributed by atoms with Crippen molar-refractivity contribution < 1.29 is 19.0 Å². The van der Waals surface area contributed by atoms with Gasteiger partial charge >= 0.3 is 5.97 Å². The maximum atomic E-state index is 12.8. The number of esters is 1. The predicted octanol–water partition coefficient (Wildman–Crippen LogP) is 14.3. The molecule has 3 aromatic carbocycles. The Kier molecular flexibility index (Phi) is 22.0. The highest BCUT2D eigenvalue weighted by atomic mass is 16.5. The van der Waals surface area contributed by atoms with E-state index in [1.807, 2.05) is 60.7 Å². The van der Waals surface area contributed by atoms with Gasteiger partial charge in [-0.25, -0.2) is 4.79 Å². The van der Waals surface area contributed by atoms with Crippen molar-refractivity contribution in [1.82, 2.24) is 0 Å². The van der Waals surface area contributed by atoms with E-state index in [2.05, 4.69) is 32.9 Å². The summed E-state index contributed by atoms with van der Waals surface area (Å²) in [7, 11) is 0. The third kappa shape index (κ3) is 17.7. The molecule has 50 heavy (non-hydrogen) atoms. The van der Waals surface area contributed by atoms with Crippen LogP contribution in [0.1, 0.15) is 178 Å². The molecule has 1 atom stereocenters. The van der Waals surface area contributed by atoms with Gasteiger partial charge in [-0.15, -0.1) is 0 Å². The summed E-state index contributed by atoms with van der Waals surface area (Å²) in [4.78, 5) is 12.8. The standard InChI is InChI=1S/C46H68O4/c1-4-6-8-10-12-14-15-16-17-18-20-22-24-38-49-44-33-31-42(32-34-44)41-25-27-43(28-26-41)46(47)50-45-35-29-40(30-36-45)39(3)48-37-23-21-19-13-11-9-7-5-2/h25-36,39H,4-24,37-38H2,1-3H3. The molecule has 0 saturated carbocycles. The molecule has 0 radical (unpaired) electrons. The molecular weight excluding hydrogens is 617 g/mol. The van der Waals surface area contributed by atoms with E-state index in [0.29, 0.717) is 11.3 Å². The first-order valence-electron chi connectivity index (χ1n) is 20.4. The Bertz CT molecular complexity index is 1250. The van der Waals surface area contributed by atoms with E-state index in [-0.39, 0.29) is 12.1 Å². The van der Waals surface area contributed by atoms with Gasteiger partial charge in [-0.05, 0) is 72.9 Å². The number of ether oxygens (including phenoxy) is 3. The number of carbonyl (C=O) groups is 1. The van der Waals surface area contributed by atoms with Crippen LogP contribution in [0.3, 0.4) is 0 Å². The molecule has 4 nitrogen and oxygen atoms in total. The van der Waals surface area contributed by atoms with Crippen LogP contribution in [0.15, 0.2) is 72.8 Å². The molecule has 0 aliphatic carbocycles. The Labute approximate surface area is 305 Å². The molecule has 3 aromatic rings. The molecule has 4 heteroatoms. The molecule has 0 amide bonds. The first-order valence-corrected chi connectivity index (χ1v) is 20.4. The van der Waals surface area contributed by atoms with Crippen molar-refractivity contribution in [1.29, 1.82) is 0 Å². The summed E-state index contributed by atoms with van der Waals surface area (Å²) >= 11 is 0. The van der Waals surface area contributed by atoms with Gasteiger partial charge in [0.05, 0.1) is 18.3 Å². The van der Waals surface area contributed by atoms with E-state index < -0.39 is 0 Å². The summed E-state index contributed by atoms with van der Waals surface area (Å²) in [6.45, 7) is 8.16. The second-order valence-corrected chi connectivity index (χ2v) is 14.1. The Balaban J connectivity index is 1.27. The minimum atomic E-state index is -0.361. The zero-order valence-electron chi connectivity index (χ0n) is 31.9. The van der Waals surface area contributed by atoms with Crippen LogP contribution in [0.25, 0.3) is 11.1 Å². The van der Waals surface area contributed by atoms with Crippen molar-refractivity contribution >= 4 is 5.97 Å². The average molecular weight is 685 g/mol. The number of carbonyl (C=O) groups excluding carboxylic acids is 1. The van der Waals surface area contributed by atoms with E-state index in [9.17, 15) is 4.79 Å². The molecule has 3 rings (SSSR count). The predicted molar refractivity (Wildman–Crippen MR) is 211 cm³/mol. The Morgan fingerprint density at radius 3 is 1.36 bits per heavy atom. The summed E-state index contributed by atoms with van der Waals surface area (Å²) in [6.07, 6.45) is 28.0. The van der Waals surface area contributed by atoms with Crippen LogP contribution in [-0.4, -0.2) is 19.2 Å². The van der Waals surface area contributed by atoms with Gasteiger partial charge < -0.3 is 14.2 Å². The first kappa shape index (κ1) is 41.3. The Morgan fingerprint density at radius 2 is 0.880 bits per heavy atom. The molecule has 0 fully saturated rings. The van der Waals surface area contributed by atoms with E-state index >= 15 is 0 Å². The molecule has 0 spiro atoms. The smallest absolute Gasteiger partial charge is 0.343 e. The lowest BCUT2D eigenvalue weighted by atomic mass is 10.0. The van der Waals surface area contributed by atoms with Crippen molar-refractivity contribution in [2.75, 3.05) is 13.2 Å². The molecule has 1 unspecified atom stereocenters. The van der Waals surface area contributed by atoms with Gasteiger partial charge in [0.25, 0.3) is 0 Å². The summed E-state index contributed by atoms with van der Waals surface area (Å²) in [5.41, 5.74) is 3.75. The van der Waals surface area contributed by atoms with Crippen molar-refractivity contribution in [2.45, 2.75) is 162 Å². The van der Waals surface area contributed by atoms with Gasteiger partial charge in [-0.1, -0.05) is 172 Å². The van der Waals surface area contributed by atoms with Crippen LogP contribution in [0.5, 0.6) is 11.5 Å². The molecule has 0 aliphatic rings. The lowest BCUT2D eigenvalue weighted by Crippen LogP contribution is -2.08. The maximum Gasteiger partial charge on any atom is 0.343 e. The number of unbranched alkanes of at least 4 members (excludes halogenated alkanes) is 19. The van der Waals surface area contributed by atoms with Crippen LogP contribution in [0.4, 0.5) is 0 Å². The Morgan fingerprint density at radius 1 is 0.480 bits per heavy atom. The quantitative estimate of drug-likeness (QED) is 0.0415. The summed E-state index contributed by atoms with van der Waals surface area (Å²) in [6, 6.07) is 23.5. The lowest BCUT2D eigenvalue weighted by molar-refractivity contribution is 0.0627. The second kappa shape index (κ2) is 26.7. The SMILES string of the molecule is CCCCCCCCCCCCCCCOc1ccc(-c2ccc(C(=O)Oc3ccc(C(C)OCCCCCCCCCC)cc3)cc2)cc1. The van der Waals surface area contributed by atoms with E-state index in [0.717, 1.165) is 48.5 Å². The van der Waals surface area contributed by atoms with Crippen LogP contribution in [-0.2, 0) is 4.74 Å². The average Bonchev–Trinajstić information content (AvgIpc) is 3.15. The molecule has 0 saturated heterocycles. The fourth-order valence-corrected chi connectivity index (χ4v) is 6.42. The molecule has 0 bridgehead atoms. The van der Waals surface area contributed by atoms with E-state index in [1.54, 1.807) is 0 Å². The van der Waals surface area contributed by atoms with Gasteiger partial charge in [0.2, 0.25) is 0 Å². The third-order valence-electron chi connectivity index (χ3n) is 9.75. The molecule has 276 valence electrons. The zero-order chi connectivity index (χ0) is 35.5. The zero-order valence-corrected chi connectivity index (χ0v) is 31.9. The fourth-order valence-electron chi connectivity index (χ4n) is 6.42. The van der Waals surface area contributed by atoms with E-state index in [1.165, 1.54) is 122 Å². The van der Waals surface area contributed by atoms with Crippen molar-refractivity contribution in [3.05, 3.63) is 83.9 Å². The van der Waals surface area contributed by atoms with Crippen LogP contribution < -0.4 is 9.47 Å². The first-order chi connectivity index (χ1) is 24.6. The van der Waals surface area contributed by atoms with Crippen molar-refractivity contribution in [2.24, 2.45) is 0 Å². The summed E-state index contributed by atoms with van der Waals surface area (Å²) in [5.74, 6) is 1.08. The monoisotopic (exact) mass is 685 g/mol. The number of rotatable bonds is 29. The Hall–Kier alpha value is -3.11. The van der Waals surface area contributed by atoms with Crippen molar-refractivity contribution in [3.63, 3.8) is 0 Å². The van der Waals surface area contributed by atoms with Crippen LogP contribution >= 0.6 is 0 Å². The largest absolute Gasteiger partial charge is 0.494 e. The molecule has 0 heterocycles. The lowest BCUT2D eigenvalue weighted by Gasteiger charge is -2.14. The van der Waals surface area contributed by atoms with Crippen LogP contribution in [0.2, 0.25) is 0 Å². The highest BCUT2D eigenvalue weighted by Crippen LogP contribution is 2.25. The molecule has 0 N–H and O–H groups in total. The molecule has 0 aliphatic heterocycles. The van der Waals surface area contributed by atoms with Gasteiger partial charge in [-0.3, -0.25) is 0 Å². The number of hydrogen-bond donors (Lipinski definition) is 0. The second-order valence-electron chi connectivity index (χ2n) is 14.1. The third-order valence-corrected chi connectivity index (χ3v) is 9.75. The highest BCUT2D eigenvalue weighted by Gasteiger charge is 2.11. The molecular formula is C46H68O4. The van der Waals surface area contributed by atoms with Crippen molar-refractivity contribution in [3.8, 4) is 22.6 Å². The highest BCUT2D eigenvalue weighted by molar-refractivity contribution is 5.91. The number of benzene rings is 3. The van der Waals surface area contributed by atoms with E-state index in [4.69, 9.17) is 14.2 Å². The van der Waals surface area contributed by atoms with Gasteiger partial charge in [0, 0.05) is 6.61 Å².